The molecule has 0 fully saturated rings. The molecule has 114 valence electrons. The molecule has 0 atom stereocenters. The summed E-state index contributed by atoms with van der Waals surface area (Å²) in [6.45, 7) is 4.28. The number of hydrogen-bond donors (Lipinski definition) is 0. The van der Waals surface area contributed by atoms with E-state index in [9.17, 15) is 13.2 Å². The number of anilines is 1. The first-order valence-electron chi connectivity index (χ1n) is 5.90. The number of rotatable bonds is 5. The Morgan fingerprint density at radius 1 is 1.20 bits per heavy atom. The topological polar surface area (TPSA) is 19.4 Å². The summed E-state index contributed by atoms with van der Waals surface area (Å²) in [5.74, 6) is 0.462. The molecule has 0 unspecified atom stereocenters. The van der Waals surface area contributed by atoms with Gasteiger partial charge in [-0.05, 0) is 56.0 Å². The maximum absolute atomic E-state index is 12.4. The molecule has 0 radical (unpaired) electrons. The molecule has 1 aromatic heterocycles. The Hall–Kier alpha value is -0.720. The Bertz CT molecular complexity index is 433. The van der Waals surface area contributed by atoms with E-state index >= 15 is 0 Å². The fraction of sp³-hybridized carbons (Fsp3) is 0.583. The summed E-state index contributed by atoms with van der Waals surface area (Å²) in [5.41, 5.74) is -1.20. The highest BCUT2D eigenvalue weighted by atomic mass is 35.5. The van der Waals surface area contributed by atoms with Crippen LogP contribution in [-0.2, 0) is 6.18 Å². The summed E-state index contributed by atoms with van der Waals surface area (Å²) in [5, 5.41) is 0. The smallest absolute Gasteiger partial charge is 0.360 e. The fourth-order valence-electron chi connectivity index (χ4n) is 1.42. The number of pyridine rings is 1. The predicted molar refractivity (Wildman–Crippen MR) is 74.8 cm³/mol. The maximum atomic E-state index is 12.4. The zero-order valence-electron chi connectivity index (χ0n) is 11.4. The minimum atomic E-state index is -4.37. The molecule has 1 rings (SSSR count). The molecule has 0 N–H and O–H groups in total. The molecule has 0 bridgehead atoms. The van der Waals surface area contributed by atoms with Crippen LogP contribution in [0.4, 0.5) is 19.0 Å². The first-order chi connectivity index (χ1) is 9.04. The van der Waals surface area contributed by atoms with Crippen LogP contribution in [0.2, 0.25) is 0 Å². The van der Waals surface area contributed by atoms with Crippen LogP contribution in [0.3, 0.4) is 0 Å². The number of nitrogens with zero attached hydrogens (tertiary/aromatic N) is 3. The Balaban J connectivity index is 2.67. The summed E-state index contributed by atoms with van der Waals surface area (Å²) in [6, 6.07) is 2.36. The average Bonchev–Trinajstić information content (AvgIpc) is 2.35. The van der Waals surface area contributed by atoms with Crippen LogP contribution in [0, 0.1) is 0 Å². The molecule has 1 heterocycles. The molecule has 0 aliphatic rings. The lowest BCUT2D eigenvalue weighted by Crippen LogP contribution is -2.35. The van der Waals surface area contributed by atoms with E-state index in [-0.39, 0.29) is 0 Å². The van der Waals surface area contributed by atoms with Gasteiger partial charge in [0.2, 0.25) is 0 Å². The minimum Gasteiger partial charge on any atom is -0.360 e. The Kier molecular flexibility index (Phi) is 5.52. The minimum absolute atomic E-state index is 0.441. The second kappa shape index (κ2) is 6.37. The predicted octanol–water partition coefficient (Wildman–Crippen LogP) is 4.31. The van der Waals surface area contributed by atoms with Crippen LogP contribution in [0.1, 0.15) is 25.8 Å². The van der Waals surface area contributed by atoms with Gasteiger partial charge in [-0.25, -0.2) is 4.98 Å². The average molecular weight is 330 g/mol. The van der Waals surface area contributed by atoms with Gasteiger partial charge in [0.25, 0.3) is 0 Å². The third-order valence-electron chi connectivity index (χ3n) is 2.98. The zero-order valence-corrected chi connectivity index (χ0v) is 12.9. The van der Waals surface area contributed by atoms with E-state index in [1.165, 1.54) is 6.07 Å². The van der Waals surface area contributed by atoms with Crippen LogP contribution in [-0.4, -0.2) is 28.1 Å². The largest absolute Gasteiger partial charge is 0.417 e. The molecule has 0 spiro atoms. The molecule has 8 heteroatoms. The summed E-state index contributed by atoms with van der Waals surface area (Å²) >= 11 is 11.4. The van der Waals surface area contributed by atoms with Crippen LogP contribution in [0.25, 0.3) is 0 Å². The third kappa shape index (κ3) is 4.68. The van der Waals surface area contributed by atoms with Gasteiger partial charge in [-0.1, -0.05) is 0 Å². The van der Waals surface area contributed by atoms with Gasteiger partial charge in [-0.2, -0.15) is 13.2 Å². The molecule has 1 aromatic rings. The zero-order chi connectivity index (χ0) is 15.6. The first-order valence-corrected chi connectivity index (χ1v) is 6.58. The quantitative estimate of drug-likeness (QED) is 0.750. The van der Waals surface area contributed by atoms with E-state index in [0.717, 1.165) is 16.2 Å². The summed E-state index contributed by atoms with van der Waals surface area (Å²) in [7, 11) is 1.75. The van der Waals surface area contributed by atoms with Gasteiger partial charge in [0.15, 0.2) is 0 Å². The van der Waals surface area contributed by atoms with Gasteiger partial charge in [0.1, 0.15) is 5.82 Å². The van der Waals surface area contributed by atoms with Crippen LogP contribution >= 0.6 is 23.6 Å². The SMILES string of the molecule is CN(CCC(C)(C)N(Cl)Cl)c1ccc(C(F)(F)F)cn1. The van der Waals surface area contributed by atoms with Crippen LogP contribution in [0.5, 0.6) is 0 Å². The van der Waals surface area contributed by atoms with Gasteiger partial charge >= 0.3 is 6.18 Å². The molecule has 20 heavy (non-hydrogen) atoms. The Labute approximate surface area is 126 Å². The lowest BCUT2D eigenvalue weighted by Gasteiger charge is -2.30. The van der Waals surface area contributed by atoms with Crippen molar-refractivity contribution in [3.8, 4) is 0 Å². The highest BCUT2D eigenvalue weighted by Crippen LogP contribution is 2.29. The van der Waals surface area contributed by atoms with Crippen LogP contribution in [0.15, 0.2) is 18.3 Å². The Morgan fingerprint density at radius 3 is 2.20 bits per heavy atom. The van der Waals surface area contributed by atoms with Crippen molar-refractivity contribution in [2.75, 3.05) is 18.5 Å². The van der Waals surface area contributed by atoms with Gasteiger partial charge in [0, 0.05) is 25.3 Å². The summed E-state index contributed by atoms with van der Waals surface area (Å²) in [6.07, 6.45) is -2.92. The lowest BCUT2D eigenvalue weighted by molar-refractivity contribution is -0.137. The monoisotopic (exact) mass is 329 g/mol. The van der Waals surface area contributed by atoms with Gasteiger partial charge in [-0.15, -0.1) is 3.94 Å². The van der Waals surface area contributed by atoms with Crippen molar-refractivity contribution < 1.29 is 13.2 Å². The highest BCUT2D eigenvalue weighted by Gasteiger charge is 2.31. The Morgan fingerprint density at radius 2 is 1.80 bits per heavy atom. The van der Waals surface area contributed by atoms with Crippen molar-refractivity contribution in [1.82, 2.24) is 8.92 Å². The molecule has 3 nitrogen and oxygen atoms in total. The van der Waals surface area contributed by atoms with Crippen molar-refractivity contribution >= 4 is 29.4 Å². The van der Waals surface area contributed by atoms with Gasteiger partial charge in [0.05, 0.1) is 5.56 Å². The third-order valence-corrected chi connectivity index (χ3v) is 3.90. The normalized spacial score (nSPS) is 12.8. The van der Waals surface area contributed by atoms with Crippen molar-refractivity contribution in [3.63, 3.8) is 0 Å². The lowest BCUT2D eigenvalue weighted by atomic mass is 10.0. The molecule has 0 saturated carbocycles. The van der Waals surface area contributed by atoms with Crippen LogP contribution < -0.4 is 4.90 Å². The van der Waals surface area contributed by atoms with E-state index in [1.807, 2.05) is 13.8 Å². The molecular formula is C12H16Cl2F3N3. The van der Waals surface area contributed by atoms with E-state index < -0.39 is 17.3 Å². The summed E-state index contributed by atoms with van der Waals surface area (Å²) in [4.78, 5) is 5.57. The summed E-state index contributed by atoms with van der Waals surface area (Å²) < 4.78 is 38.3. The first kappa shape index (κ1) is 17.3. The van der Waals surface area contributed by atoms with Crippen molar-refractivity contribution in [3.05, 3.63) is 23.9 Å². The van der Waals surface area contributed by atoms with Gasteiger partial charge in [-0.3, -0.25) is 0 Å². The number of alkyl halides is 3. The molecular weight excluding hydrogens is 314 g/mol. The maximum Gasteiger partial charge on any atom is 0.417 e. The number of aromatic nitrogens is 1. The van der Waals surface area contributed by atoms with E-state index in [2.05, 4.69) is 4.98 Å². The highest BCUT2D eigenvalue weighted by molar-refractivity contribution is 6.34. The van der Waals surface area contributed by atoms with Crippen molar-refractivity contribution in [2.24, 2.45) is 0 Å². The number of hydrogen-bond acceptors (Lipinski definition) is 3. The molecule has 0 saturated heterocycles. The molecule has 0 aliphatic carbocycles. The van der Waals surface area contributed by atoms with E-state index in [1.54, 1.807) is 11.9 Å². The second-order valence-corrected chi connectivity index (χ2v) is 5.97. The van der Waals surface area contributed by atoms with Crippen molar-refractivity contribution in [2.45, 2.75) is 32.0 Å². The fourth-order valence-corrected chi connectivity index (χ4v) is 1.59. The van der Waals surface area contributed by atoms with E-state index in [0.29, 0.717) is 18.8 Å². The van der Waals surface area contributed by atoms with Gasteiger partial charge < -0.3 is 4.90 Å². The van der Waals surface area contributed by atoms with Crippen molar-refractivity contribution in [1.29, 1.82) is 0 Å². The molecule has 0 amide bonds. The number of halogens is 5. The standard InChI is InChI=1S/C12H16Cl2F3N3/c1-11(2,20(13)14)6-7-19(3)10-5-4-9(8-18-10)12(15,16)17/h4-5,8H,6-7H2,1-3H3. The van der Waals surface area contributed by atoms with E-state index in [4.69, 9.17) is 23.6 Å². The molecule has 0 aromatic carbocycles. The second-order valence-electron chi connectivity index (χ2n) is 5.12. The molecule has 0 aliphatic heterocycles.